The van der Waals surface area contributed by atoms with E-state index in [0.29, 0.717) is 4.90 Å². The van der Waals surface area contributed by atoms with E-state index >= 15 is 0 Å². The Hall–Kier alpha value is -0.560. The minimum Gasteiger partial charge on any atom is -0.317 e. The molecule has 0 radical (unpaired) electrons. The monoisotopic (exact) mass is 328 g/mol. The van der Waals surface area contributed by atoms with Crippen molar-refractivity contribution in [2.24, 2.45) is 0 Å². The summed E-state index contributed by atoms with van der Waals surface area (Å²) in [7, 11) is -3.38. The van der Waals surface area contributed by atoms with Crippen molar-refractivity contribution in [1.29, 1.82) is 0 Å². The summed E-state index contributed by atoms with van der Waals surface area (Å²) in [6, 6.07) is 7.30. The van der Waals surface area contributed by atoms with Crippen molar-refractivity contribution in [3.05, 3.63) is 29.8 Å². The third-order valence-corrected chi connectivity index (χ3v) is 6.31. The van der Waals surface area contributed by atoms with E-state index in [0.717, 1.165) is 49.4 Å². The highest BCUT2D eigenvalue weighted by Gasteiger charge is 2.21. The molecule has 0 saturated carbocycles. The molecular formula is C15H24N2O2S2. The highest BCUT2D eigenvalue weighted by molar-refractivity contribution is 7.99. The first-order valence-corrected chi connectivity index (χ1v) is 10.2. The molecule has 1 aromatic carbocycles. The molecule has 1 heterocycles. The van der Waals surface area contributed by atoms with Crippen LogP contribution in [0, 0.1) is 0 Å². The molecule has 118 valence electrons. The van der Waals surface area contributed by atoms with E-state index in [4.69, 9.17) is 0 Å². The Balaban J connectivity index is 1.95. The summed E-state index contributed by atoms with van der Waals surface area (Å²) in [5.74, 6) is 2.01. The Morgan fingerprint density at radius 2 is 2.05 bits per heavy atom. The molecule has 1 aliphatic heterocycles. The van der Waals surface area contributed by atoms with Crippen LogP contribution in [0.4, 0.5) is 0 Å². The molecule has 6 heteroatoms. The van der Waals surface area contributed by atoms with Crippen LogP contribution in [-0.4, -0.2) is 39.1 Å². The minimum absolute atomic E-state index is 0.0715. The number of thioether (sulfide) groups is 1. The van der Waals surface area contributed by atoms with Gasteiger partial charge < -0.3 is 5.32 Å². The molecule has 0 aromatic heterocycles. The van der Waals surface area contributed by atoms with Gasteiger partial charge in [-0.2, -0.15) is 11.8 Å². The van der Waals surface area contributed by atoms with Crippen molar-refractivity contribution in [2.45, 2.75) is 37.1 Å². The molecule has 1 atom stereocenters. The van der Waals surface area contributed by atoms with Crippen LogP contribution >= 0.6 is 11.8 Å². The molecule has 0 amide bonds. The largest absolute Gasteiger partial charge is 0.317 e. The predicted molar refractivity (Wildman–Crippen MR) is 89.4 cm³/mol. The van der Waals surface area contributed by atoms with Gasteiger partial charge in [0.05, 0.1) is 4.90 Å². The van der Waals surface area contributed by atoms with E-state index in [1.807, 2.05) is 23.9 Å². The Morgan fingerprint density at radius 3 is 2.67 bits per heavy atom. The Bertz CT molecular complexity index is 523. The zero-order valence-corrected chi connectivity index (χ0v) is 14.1. The Kier molecular flexibility index (Phi) is 6.54. The summed E-state index contributed by atoms with van der Waals surface area (Å²) < 4.78 is 27.5. The topological polar surface area (TPSA) is 58.2 Å². The molecule has 1 unspecified atom stereocenters. The van der Waals surface area contributed by atoms with E-state index < -0.39 is 10.0 Å². The van der Waals surface area contributed by atoms with Gasteiger partial charge in [-0.25, -0.2) is 13.1 Å². The van der Waals surface area contributed by atoms with Gasteiger partial charge in [0.15, 0.2) is 0 Å². The molecular weight excluding hydrogens is 304 g/mol. The maximum absolute atomic E-state index is 12.3. The Labute approximate surface area is 132 Å². The fraction of sp³-hybridized carbons (Fsp3) is 0.600. The maximum atomic E-state index is 12.3. The van der Waals surface area contributed by atoms with Gasteiger partial charge in [-0.1, -0.05) is 19.1 Å². The van der Waals surface area contributed by atoms with Gasteiger partial charge in [0, 0.05) is 11.8 Å². The second kappa shape index (κ2) is 8.17. The molecule has 0 bridgehead atoms. The Morgan fingerprint density at radius 1 is 1.29 bits per heavy atom. The standard InChI is InChI=1S/C15H24N2O2S2/c1-2-16-10-9-13-5-7-15(8-6-13)21(18,19)17-14-4-3-11-20-12-14/h5-8,14,16-17H,2-4,9-12H2,1H3. The quantitative estimate of drug-likeness (QED) is 0.752. The lowest BCUT2D eigenvalue weighted by molar-refractivity contribution is 0.543. The normalized spacial score (nSPS) is 19.6. The third-order valence-electron chi connectivity index (χ3n) is 3.56. The van der Waals surface area contributed by atoms with Crippen molar-refractivity contribution >= 4 is 21.8 Å². The zero-order chi connectivity index (χ0) is 15.1. The summed E-state index contributed by atoms with van der Waals surface area (Å²) in [6.07, 6.45) is 2.94. The third kappa shape index (κ3) is 5.29. The number of hydrogen-bond donors (Lipinski definition) is 2. The molecule has 1 fully saturated rings. The molecule has 1 saturated heterocycles. The first-order chi connectivity index (χ1) is 10.1. The molecule has 2 rings (SSSR count). The molecule has 21 heavy (non-hydrogen) atoms. The van der Waals surface area contributed by atoms with Gasteiger partial charge >= 0.3 is 0 Å². The van der Waals surface area contributed by atoms with Crippen molar-refractivity contribution < 1.29 is 8.42 Å². The van der Waals surface area contributed by atoms with Crippen LogP contribution in [0.1, 0.15) is 25.3 Å². The lowest BCUT2D eigenvalue weighted by Gasteiger charge is -2.22. The van der Waals surface area contributed by atoms with Crippen LogP contribution in [0.15, 0.2) is 29.2 Å². The number of hydrogen-bond acceptors (Lipinski definition) is 4. The summed E-state index contributed by atoms with van der Waals surface area (Å²) in [5.41, 5.74) is 1.16. The van der Waals surface area contributed by atoms with Crippen LogP contribution < -0.4 is 10.0 Å². The number of nitrogens with one attached hydrogen (secondary N) is 2. The molecule has 2 N–H and O–H groups in total. The second-order valence-electron chi connectivity index (χ2n) is 5.28. The average molecular weight is 329 g/mol. The SMILES string of the molecule is CCNCCc1ccc(S(=O)(=O)NC2CCCSC2)cc1. The van der Waals surface area contributed by atoms with Crippen molar-refractivity contribution in [3.8, 4) is 0 Å². The van der Waals surface area contributed by atoms with Gasteiger partial charge in [-0.15, -0.1) is 0 Å². The number of rotatable bonds is 7. The molecule has 4 nitrogen and oxygen atoms in total. The lowest BCUT2D eigenvalue weighted by Crippen LogP contribution is -2.38. The first kappa shape index (κ1) is 16.8. The predicted octanol–water partition coefficient (Wildman–Crippen LogP) is 2.01. The zero-order valence-electron chi connectivity index (χ0n) is 12.5. The van der Waals surface area contributed by atoms with Crippen LogP contribution in [0.25, 0.3) is 0 Å². The first-order valence-electron chi connectivity index (χ1n) is 7.51. The highest BCUT2D eigenvalue weighted by atomic mass is 32.2. The number of sulfonamides is 1. The summed E-state index contributed by atoms with van der Waals surface area (Å²) in [6.45, 7) is 3.95. The van der Waals surface area contributed by atoms with Gasteiger partial charge in [0.25, 0.3) is 0 Å². The van der Waals surface area contributed by atoms with Gasteiger partial charge in [0.2, 0.25) is 10.0 Å². The lowest BCUT2D eigenvalue weighted by atomic mass is 10.1. The summed E-state index contributed by atoms with van der Waals surface area (Å²) in [4.78, 5) is 0.366. The molecule has 1 aliphatic rings. The second-order valence-corrected chi connectivity index (χ2v) is 8.15. The van der Waals surface area contributed by atoms with E-state index in [2.05, 4.69) is 17.0 Å². The van der Waals surface area contributed by atoms with Crippen LogP contribution in [0.5, 0.6) is 0 Å². The van der Waals surface area contributed by atoms with Crippen LogP contribution in [0.3, 0.4) is 0 Å². The summed E-state index contributed by atoms with van der Waals surface area (Å²) >= 11 is 1.82. The maximum Gasteiger partial charge on any atom is 0.240 e. The van der Waals surface area contributed by atoms with Crippen molar-refractivity contribution in [2.75, 3.05) is 24.6 Å². The smallest absolute Gasteiger partial charge is 0.240 e. The number of benzene rings is 1. The molecule has 0 spiro atoms. The van der Waals surface area contributed by atoms with Crippen molar-refractivity contribution in [3.63, 3.8) is 0 Å². The highest BCUT2D eigenvalue weighted by Crippen LogP contribution is 2.19. The van der Waals surface area contributed by atoms with E-state index in [9.17, 15) is 8.42 Å². The minimum atomic E-state index is -3.38. The number of likely N-dealkylation sites (N-methyl/N-ethyl adjacent to an activating group) is 1. The van der Waals surface area contributed by atoms with Gasteiger partial charge in [0.1, 0.15) is 0 Å². The fourth-order valence-corrected chi connectivity index (χ4v) is 4.81. The van der Waals surface area contributed by atoms with Gasteiger partial charge in [-0.3, -0.25) is 0 Å². The fourth-order valence-electron chi connectivity index (χ4n) is 2.37. The van der Waals surface area contributed by atoms with Crippen LogP contribution in [-0.2, 0) is 16.4 Å². The van der Waals surface area contributed by atoms with E-state index in [1.54, 1.807) is 12.1 Å². The average Bonchev–Trinajstić information content (AvgIpc) is 2.49. The molecule has 1 aromatic rings. The van der Waals surface area contributed by atoms with Gasteiger partial charge in [-0.05, 0) is 55.8 Å². The van der Waals surface area contributed by atoms with E-state index in [1.165, 1.54) is 0 Å². The molecule has 0 aliphatic carbocycles. The summed E-state index contributed by atoms with van der Waals surface area (Å²) in [5, 5.41) is 3.26. The van der Waals surface area contributed by atoms with E-state index in [-0.39, 0.29) is 6.04 Å². The van der Waals surface area contributed by atoms with Crippen molar-refractivity contribution in [1.82, 2.24) is 10.0 Å². The van der Waals surface area contributed by atoms with Crippen LogP contribution in [0.2, 0.25) is 0 Å².